The van der Waals surface area contributed by atoms with E-state index in [-0.39, 0.29) is 0 Å². The summed E-state index contributed by atoms with van der Waals surface area (Å²) in [4.78, 5) is 19.8. The van der Waals surface area contributed by atoms with Crippen molar-refractivity contribution in [3.05, 3.63) is 42.4 Å². The molecule has 4 aromatic rings. The lowest BCUT2D eigenvalue weighted by Gasteiger charge is -2.41. The number of hydrogen-bond donors (Lipinski definition) is 2. The summed E-state index contributed by atoms with van der Waals surface area (Å²) in [6, 6.07) is 8.58. The molecule has 10 heteroatoms. The van der Waals surface area contributed by atoms with Crippen LogP contribution in [0.1, 0.15) is 12.6 Å². The van der Waals surface area contributed by atoms with Crippen molar-refractivity contribution in [3.63, 3.8) is 0 Å². The maximum absolute atomic E-state index is 5.23. The lowest BCUT2D eigenvalue weighted by molar-refractivity contribution is 0.136. The molecule has 5 heterocycles. The minimum atomic E-state index is 0.419. The van der Waals surface area contributed by atoms with E-state index in [1.807, 2.05) is 25.3 Å². The fourth-order valence-electron chi connectivity index (χ4n) is 4.25. The van der Waals surface area contributed by atoms with E-state index in [2.05, 4.69) is 49.4 Å². The molecule has 0 aromatic carbocycles. The Bertz CT molecular complexity index is 1240. The van der Waals surface area contributed by atoms with Crippen LogP contribution in [0.25, 0.3) is 21.6 Å². The Hall–Kier alpha value is -3.08. The largest absolute Gasteiger partial charge is 0.383 e. The van der Waals surface area contributed by atoms with Crippen LogP contribution in [-0.2, 0) is 4.74 Å². The van der Waals surface area contributed by atoms with Gasteiger partial charge in [0.15, 0.2) is 5.13 Å². The van der Waals surface area contributed by atoms with Gasteiger partial charge in [0.05, 0.1) is 18.5 Å². The Morgan fingerprint density at radius 1 is 1.24 bits per heavy atom. The molecule has 1 atom stereocenters. The quantitative estimate of drug-likeness (QED) is 0.428. The van der Waals surface area contributed by atoms with E-state index in [1.165, 1.54) is 17.0 Å². The van der Waals surface area contributed by atoms with Crippen LogP contribution in [0.4, 0.5) is 16.6 Å². The Balaban J connectivity index is 1.31. The summed E-state index contributed by atoms with van der Waals surface area (Å²) < 4.78 is 5.23. The molecule has 1 unspecified atom stereocenters. The first-order valence-corrected chi connectivity index (χ1v) is 11.9. The average molecular weight is 465 g/mol. The number of nitrogens with zero attached hydrogens (tertiary/aromatic N) is 6. The molecule has 1 aliphatic heterocycles. The predicted molar refractivity (Wildman–Crippen MR) is 132 cm³/mol. The standard InChI is InChI=1S/C23H28N8OS/c1-15-14-30(10-11-32-3)8-9-31(15)17-6-7-24-21(12-17)28-23-27-20-5-4-19(26-22(20)33-23)18-13-25-29-16(18)2/h4-7,12-13,15H,8-11,14H2,1-3H3,(H,25,29)(H,24,27,28). The van der Waals surface area contributed by atoms with Crippen LogP contribution in [0, 0.1) is 6.92 Å². The van der Waals surface area contributed by atoms with Crippen molar-refractivity contribution in [2.45, 2.75) is 19.9 Å². The molecule has 1 saturated heterocycles. The number of fused-ring (bicyclic) bond motifs is 1. The van der Waals surface area contributed by atoms with Gasteiger partial charge >= 0.3 is 0 Å². The van der Waals surface area contributed by atoms with E-state index in [9.17, 15) is 0 Å². The van der Waals surface area contributed by atoms with Crippen LogP contribution in [0.5, 0.6) is 0 Å². The topological polar surface area (TPSA) is 95.1 Å². The molecular weight excluding hydrogens is 436 g/mol. The molecular formula is C23H28N8OS. The van der Waals surface area contributed by atoms with Gasteiger partial charge in [-0.2, -0.15) is 5.10 Å². The summed E-state index contributed by atoms with van der Waals surface area (Å²) in [5.41, 5.74) is 4.93. The minimum Gasteiger partial charge on any atom is -0.383 e. The molecule has 172 valence electrons. The van der Waals surface area contributed by atoms with Gasteiger partial charge in [0, 0.05) is 68.5 Å². The van der Waals surface area contributed by atoms with Gasteiger partial charge < -0.3 is 15.0 Å². The number of anilines is 3. The van der Waals surface area contributed by atoms with Gasteiger partial charge in [-0.25, -0.2) is 15.0 Å². The highest BCUT2D eigenvalue weighted by Crippen LogP contribution is 2.30. The van der Waals surface area contributed by atoms with Crippen LogP contribution in [0.2, 0.25) is 0 Å². The summed E-state index contributed by atoms with van der Waals surface area (Å²) in [6.07, 6.45) is 3.66. The summed E-state index contributed by atoms with van der Waals surface area (Å²) in [6.45, 7) is 9.05. The second-order valence-corrected chi connectivity index (χ2v) is 9.29. The normalized spacial score (nSPS) is 17.1. The molecule has 0 spiro atoms. The molecule has 33 heavy (non-hydrogen) atoms. The van der Waals surface area contributed by atoms with Gasteiger partial charge in [-0.05, 0) is 32.0 Å². The van der Waals surface area contributed by atoms with E-state index in [0.717, 1.165) is 71.0 Å². The highest BCUT2D eigenvalue weighted by atomic mass is 32.1. The third kappa shape index (κ3) is 4.68. The van der Waals surface area contributed by atoms with Crippen LogP contribution < -0.4 is 10.2 Å². The molecule has 0 amide bonds. The molecule has 0 radical (unpaired) electrons. The summed E-state index contributed by atoms with van der Waals surface area (Å²) in [5, 5.41) is 11.2. The zero-order valence-corrected chi connectivity index (χ0v) is 19.9. The Morgan fingerprint density at radius 2 is 2.15 bits per heavy atom. The number of aromatic amines is 1. The number of hydrogen-bond acceptors (Lipinski definition) is 9. The lowest BCUT2D eigenvalue weighted by atomic mass is 10.1. The minimum absolute atomic E-state index is 0.419. The van der Waals surface area contributed by atoms with Crippen molar-refractivity contribution < 1.29 is 4.74 Å². The number of aryl methyl sites for hydroxylation is 1. The van der Waals surface area contributed by atoms with Gasteiger partial charge in [-0.15, -0.1) is 0 Å². The van der Waals surface area contributed by atoms with Crippen LogP contribution >= 0.6 is 11.3 Å². The summed E-state index contributed by atoms with van der Waals surface area (Å²) >= 11 is 1.52. The summed E-state index contributed by atoms with van der Waals surface area (Å²) in [5.74, 6) is 0.784. The van der Waals surface area contributed by atoms with E-state index in [4.69, 9.17) is 14.7 Å². The Labute approximate surface area is 196 Å². The molecule has 1 fully saturated rings. The number of ether oxygens (including phenoxy) is 1. The fourth-order valence-corrected chi connectivity index (χ4v) is 5.09. The van der Waals surface area contributed by atoms with E-state index < -0.39 is 0 Å². The van der Waals surface area contributed by atoms with E-state index >= 15 is 0 Å². The van der Waals surface area contributed by atoms with Gasteiger partial charge in [-0.1, -0.05) is 11.3 Å². The first-order valence-electron chi connectivity index (χ1n) is 11.1. The highest BCUT2D eigenvalue weighted by molar-refractivity contribution is 7.21. The first kappa shape index (κ1) is 21.7. The third-order valence-corrected chi connectivity index (χ3v) is 6.88. The van der Waals surface area contributed by atoms with Crippen LogP contribution in [-0.4, -0.2) is 76.0 Å². The fraction of sp³-hybridized carbons (Fsp3) is 0.391. The van der Waals surface area contributed by atoms with Crippen LogP contribution in [0.3, 0.4) is 0 Å². The number of pyridine rings is 2. The van der Waals surface area contributed by atoms with Gasteiger partial charge in [0.25, 0.3) is 0 Å². The lowest BCUT2D eigenvalue weighted by Crippen LogP contribution is -2.52. The van der Waals surface area contributed by atoms with Crippen molar-refractivity contribution in [3.8, 4) is 11.3 Å². The average Bonchev–Trinajstić information content (AvgIpc) is 3.42. The second kappa shape index (κ2) is 9.42. The number of aromatic nitrogens is 5. The molecule has 1 aliphatic rings. The first-order chi connectivity index (χ1) is 16.1. The Kier molecular flexibility index (Phi) is 6.21. The number of methoxy groups -OCH3 is 1. The molecule has 0 saturated carbocycles. The van der Waals surface area contributed by atoms with Crippen molar-refractivity contribution in [1.29, 1.82) is 0 Å². The van der Waals surface area contributed by atoms with Crippen molar-refractivity contribution in [1.82, 2.24) is 30.0 Å². The molecule has 5 rings (SSSR count). The second-order valence-electron chi connectivity index (χ2n) is 8.31. The number of rotatable bonds is 7. The summed E-state index contributed by atoms with van der Waals surface area (Å²) in [7, 11) is 1.76. The molecule has 2 N–H and O–H groups in total. The van der Waals surface area contributed by atoms with Crippen molar-refractivity contribution in [2.75, 3.05) is 50.1 Å². The zero-order valence-electron chi connectivity index (χ0n) is 19.1. The maximum atomic E-state index is 5.23. The SMILES string of the molecule is COCCN1CCN(c2ccnc(Nc3nc4ccc(-c5cn[nH]c5C)nc4s3)c2)C(C)C1. The van der Waals surface area contributed by atoms with E-state index in [0.29, 0.717) is 6.04 Å². The van der Waals surface area contributed by atoms with Crippen molar-refractivity contribution >= 4 is 38.3 Å². The van der Waals surface area contributed by atoms with Crippen LogP contribution in [0.15, 0.2) is 36.7 Å². The molecule has 4 aromatic heterocycles. The predicted octanol–water partition coefficient (Wildman–Crippen LogP) is 3.69. The molecule has 0 bridgehead atoms. The van der Waals surface area contributed by atoms with Crippen molar-refractivity contribution in [2.24, 2.45) is 0 Å². The van der Waals surface area contributed by atoms with Gasteiger partial charge in [0.1, 0.15) is 16.2 Å². The zero-order chi connectivity index (χ0) is 22.8. The number of nitrogens with one attached hydrogen (secondary N) is 2. The molecule has 9 nitrogen and oxygen atoms in total. The highest BCUT2D eigenvalue weighted by Gasteiger charge is 2.24. The van der Waals surface area contributed by atoms with Gasteiger partial charge in [-0.3, -0.25) is 10.00 Å². The Morgan fingerprint density at radius 3 is 2.94 bits per heavy atom. The number of H-pyrrole nitrogens is 1. The number of piperazine rings is 1. The monoisotopic (exact) mass is 464 g/mol. The third-order valence-electron chi connectivity index (χ3n) is 5.99. The van der Waals surface area contributed by atoms with E-state index in [1.54, 1.807) is 13.3 Å². The van der Waals surface area contributed by atoms with Gasteiger partial charge in [0.2, 0.25) is 0 Å². The number of thiazole rings is 1. The smallest absolute Gasteiger partial charge is 0.190 e. The maximum Gasteiger partial charge on any atom is 0.190 e. The molecule has 0 aliphatic carbocycles.